The fourth-order valence-corrected chi connectivity index (χ4v) is 2.69. The van der Waals surface area contributed by atoms with Gasteiger partial charge in [0.05, 0.1) is 4.90 Å². The third-order valence-corrected chi connectivity index (χ3v) is 3.45. The topological polar surface area (TPSA) is 29.5 Å². The maximum absolute atomic E-state index is 13.3. The van der Waals surface area contributed by atoms with E-state index in [4.69, 9.17) is 4.74 Å². The van der Waals surface area contributed by atoms with Crippen LogP contribution >= 0.6 is 11.8 Å². The van der Waals surface area contributed by atoms with E-state index in [1.165, 1.54) is 23.9 Å². The van der Waals surface area contributed by atoms with E-state index in [-0.39, 0.29) is 11.6 Å². The summed E-state index contributed by atoms with van der Waals surface area (Å²) < 4.78 is 18.8. The number of ether oxygens (including phenoxy) is 1. The summed E-state index contributed by atoms with van der Waals surface area (Å²) in [6, 6.07) is 9.35. The average Bonchev–Trinajstić information content (AvgIpc) is 2.68. The molecule has 2 nitrogen and oxygen atoms in total. The molecule has 0 aromatic heterocycles. The van der Waals surface area contributed by atoms with Gasteiger partial charge < -0.3 is 9.84 Å². The Bertz CT molecular complexity index is 652. The zero-order valence-corrected chi connectivity index (χ0v) is 10.1. The molecule has 18 heavy (non-hydrogen) atoms. The van der Waals surface area contributed by atoms with Crippen LogP contribution in [0.1, 0.15) is 0 Å². The van der Waals surface area contributed by atoms with Crippen molar-refractivity contribution < 1.29 is 14.2 Å². The van der Waals surface area contributed by atoms with Gasteiger partial charge in [0.15, 0.2) is 5.09 Å². The molecular formula is C14H9FO2S. The summed E-state index contributed by atoms with van der Waals surface area (Å²) in [6.07, 6.45) is 0. The summed E-state index contributed by atoms with van der Waals surface area (Å²) >= 11 is 1.35. The SMILES string of the molecule is C=C1Oc2c(cc(O)cc2-c2cccc(F)c2)S1. The van der Waals surface area contributed by atoms with E-state index in [2.05, 4.69) is 6.58 Å². The van der Waals surface area contributed by atoms with Gasteiger partial charge in [-0.25, -0.2) is 4.39 Å². The first-order chi connectivity index (χ1) is 8.63. The van der Waals surface area contributed by atoms with Crippen LogP contribution in [0.15, 0.2) is 53.0 Å². The number of fused-ring (bicyclic) bond motifs is 1. The molecule has 0 unspecified atom stereocenters. The van der Waals surface area contributed by atoms with Crippen LogP contribution in [0, 0.1) is 5.82 Å². The van der Waals surface area contributed by atoms with Crippen molar-refractivity contribution >= 4 is 11.8 Å². The van der Waals surface area contributed by atoms with E-state index in [0.29, 0.717) is 22.0 Å². The molecule has 1 aliphatic heterocycles. The monoisotopic (exact) mass is 260 g/mol. The zero-order chi connectivity index (χ0) is 12.7. The van der Waals surface area contributed by atoms with E-state index in [0.717, 1.165) is 4.90 Å². The third-order valence-electron chi connectivity index (χ3n) is 2.61. The molecule has 0 saturated heterocycles. The first kappa shape index (κ1) is 11.2. The smallest absolute Gasteiger partial charge is 0.158 e. The third kappa shape index (κ3) is 1.84. The van der Waals surface area contributed by atoms with Gasteiger partial charge in [-0.1, -0.05) is 12.1 Å². The van der Waals surface area contributed by atoms with E-state index in [1.807, 2.05) is 0 Å². The average molecular weight is 260 g/mol. The van der Waals surface area contributed by atoms with Gasteiger partial charge in [0.2, 0.25) is 0 Å². The maximum Gasteiger partial charge on any atom is 0.158 e. The summed E-state index contributed by atoms with van der Waals surface area (Å²) in [4.78, 5) is 0.791. The van der Waals surface area contributed by atoms with Gasteiger partial charge in [-0.15, -0.1) is 0 Å². The molecule has 1 heterocycles. The molecule has 1 N–H and O–H groups in total. The molecule has 1 aliphatic rings. The molecule has 0 amide bonds. The molecule has 3 rings (SSSR count). The standard InChI is InChI=1S/C14H9FO2S/c1-8-17-14-12(6-11(16)7-13(14)18-8)9-3-2-4-10(15)5-9/h2-7,16H,1H2. The molecule has 0 fully saturated rings. The predicted octanol–water partition coefficient (Wildman–Crippen LogP) is 4.15. The lowest BCUT2D eigenvalue weighted by Crippen LogP contribution is -1.87. The highest BCUT2D eigenvalue weighted by Crippen LogP contribution is 2.49. The van der Waals surface area contributed by atoms with Crippen molar-refractivity contribution in [1.82, 2.24) is 0 Å². The van der Waals surface area contributed by atoms with Gasteiger partial charge in [-0.05, 0) is 48.2 Å². The zero-order valence-electron chi connectivity index (χ0n) is 9.31. The second-order valence-electron chi connectivity index (χ2n) is 3.91. The molecule has 2 aromatic carbocycles. The van der Waals surface area contributed by atoms with Crippen molar-refractivity contribution in [1.29, 1.82) is 0 Å². The van der Waals surface area contributed by atoms with Crippen molar-refractivity contribution in [3.05, 3.63) is 53.9 Å². The van der Waals surface area contributed by atoms with Crippen molar-refractivity contribution in [2.24, 2.45) is 0 Å². The Morgan fingerprint density at radius 1 is 1.22 bits per heavy atom. The van der Waals surface area contributed by atoms with Crippen LogP contribution in [0.3, 0.4) is 0 Å². The van der Waals surface area contributed by atoms with Crippen LogP contribution in [0.2, 0.25) is 0 Å². The Balaban J connectivity index is 2.21. The normalized spacial score (nSPS) is 13.3. The predicted molar refractivity (Wildman–Crippen MR) is 69.1 cm³/mol. The minimum atomic E-state index is -0.325. The molecule has 0 spiro atoms. The second-order valence-corrected chi connectivity index (χ2v) is 5.01. The first-order valence-electron chi connectivity index (χ1n) is 5.31. The van der Waals surface area contributed by atoms with Crippen LogP contribution in [-0.4, -0.2) is 5.11 Å². The van der Waals surface area contributed by atoms with E-state index < -0.39 is 0 Å². The largest absolute Gasteiger partial charge is 0.508 e. The molecule has 0 atom stereocenters. The number of phenols is 1. The first-order valence-corrected chi connectivity index (χ1v) is 6.13. The van der Waals surface area contributed by atoms with Crippen molar-refractivity contribution in [3.63, 3.8) is 0 Å². The lowest BCUT2D eigenvalue weighted by atomic mass is 10.0. The highest BCUT2D eigenvalue weighted by atomic mass is 32.2. The van der Waals surface area contributed by atoms with Gasteiger partial charge in [0.25, 0.3) is 0 Å². The minimum absolute atomic E-state index is 0.124. The number of aromatic hydroxyl groups is 1. The van der Waals surface area contributed by atoms with E-state index >= 15 is 0 Å². The molecule has 2 aromatic rings. The minimum Gasteiger partial charge on any atom is -0.508 e. The number of rotatable bonds is 1. The molecule has 90 valence electrons. The van der Waals surface area contributed by atoms with Gasteiger partial charge in [-0.3, -0.25) is 0 Å². The van der Waals surface area contributed by atoms with Crippen LogP contribution in [0.25, 0.3) is 11.1 Å². The number of hydrogen-bond acceptors (Lipinski definition) is 3. The lowest BCUT2D eigenvalue weighted by molar-refractivity contribution is 0.458. The second kappa shape index (κ2) is 4.07. The lowest BCUT2D eigenvalue weighted by Gasteiger charge is -2.08. The highest BCUT2D eigenvalue weighted by Gasteiger charge is 2.22. The number of benzene rings is 2. The summed E-state index contributed by atoms with van der Waals surface area (Å²) in [5, 5.41) is 10.3. The van der Waals surface area contributed by atoms with Gasteiger partial charge in [0, 0.05) is 5.56 Å². The molecule has 4 heteroatoms. The summed E-state index contributed by atoms with van der Waals surface area (Å²) in [7, 11) is 0. The van der Waals surface area contributed by atoms with Crippen molar-refractivity contribution in [3.8, 4) is 22.6 Å². The summed E-state index contributed by atoms with van der Waals surface area (Å²) in [6.45, 7) is 3.74. The molecular weight excluding hydrogens is 251 g/mol. The van der Waals surface area contributed by atoms with E-state index in [9.17, 15) is 9.50 Å². The van der Waals surface area contributed by atoms with Crippen molar-refractivity contribution in [2.45, 2.75) is 4.90 Å². The Morgan fingerprint density at radius 3 is 2.83 bits per heavy atom. The molecule has 0 radical (unpaired) electrons. The number of halogens is 1. The molecule has 0 saturated carbocycles. The Morgan fingerprint density at radius 2 is 2.06 bits per heavy atom. The van der Waals surface area contributed by atoms with Crippen LogP contribution in [0.4, 0.5) is 4.39 Å². The quantitative estimate of drug-likeness (QED) is 0.835. The van der Waals surface area contributed by atoms with Crippen LogP contribution in [0.5, 0.6) is 11.5 Å². The summed E-state index contributed by atoms with van der Waals surface area (Å²) in [5.41, 5.74) is 1.33. The maximum atomic E-state index is 13.3. The van der Waals surface area contributed by atoms with E-state index in [1.54, 1.807) is 24.3 Å². The number of thioether (sulfide) groups is 1. The molecule has 0 aliphatic carbocycles. The van der Waals surface area contributed by atoms with Gasteiger partial charge >= 0.3 is 0 Å². The Hall–Kier alpha value is -1.94. The molecule has 0 bridgehead atoms. The Labute approximate surface area is 108 Å². The van der Waals surface area contributed by atoms with Crippen LogP contribution in [-0.2, 0) is 0 Å². The fourth-order valence-electron chi connectivity index (χ4n) is 1.90. The van der Waals surface area contributed by atoms with Gasteiger partial charge in [0.1, 0.15) is 17.3 Å². The highest BCUT2D eigenvalue weighted by molar-refractivity contribution is 8.03. The fraction of sp³-hybridized carbons (Fsp3) is 0. The van der Waals surface area contributed by atoms with Crippen molar-refractivity contribution in [2.75, 3.05) is 0 Å². The van der Waals surface area contributed by atoms with Crippen LogP contribution < -0.4 is 4.74 Å². The number of phenolic OH excluding ortho intramolecular Hbond substituents is 1. The van der Waals surface area contributed by atoms with Gasteiger partial charge in [-0.2, -0.15) is 0 Å². The Kier molecular flexibility index (Phi) is 2.52. The summed E-state index contributed by atoms with van der Waals surface area (Å²) in [5.74, 6) is 0.418. The number of hydrogen-bond donors (Lipinski definition) is 1.